The van der Waals surface area contributed by atoms with E-state index in [1.54, 1.807) is 42.9 Å². The topological polar surface area (TPSA) is 77.1 Å². The maximum absolute atomic E-state index is 12.8. The van der Waals surface area contributed by atoms with Crippen molar-refractivity contribution in [3.05, 3.63) is 40.7 Å². The van der Waals surface area contributed by atoms with Crippen LogP contribution < -0.4 is 4.72 Å². The summed E-state index contributed by atoms with van der Waals surface area (Å²) in [6.45, 7) is 3.81. The standard InChI is InChI=1S/C16H18ClN3O3S/c1-4-5-14-10(2)16(18-23-14)19-24(21,22)15-9-20(3)13-8-11(17)6-7-12(13)15/h6-9H,4-5H2,1-3H3,(H,18,19). The Balaban J connectivity index is 2.03. The van der Waals surface area contributed by atoms with Crippen LogP contribution in [0.1, 0.15) is 24.7 Å². The minimum absolute atomic E-state index is 0.177. The second-order valence-corrected chi connectivity index (χ2v) is 7.79. The Kier molecular flexibility index (Phi) is 4.31. The van der Waals surface area contributed by atoms with Gasteiger partial charge in [-0.05, 0) is 31.5 Å². The van der Waals surface area contributed by atoms with Crippen LogP contribution in [0.2, 0.25) is 5.02 Å². The summed E-state index contributed by atoms with van der Waals surface area (Å²) in [6, 6.07) is 5.10. The van der Waals surface area contributed by atoms with Crippen LogP contribution in [0.15, 0.2) is 33.8 Å². The highest BCUT2D eigenvalue weighted by Gasteiger charge is 2.23. The van der Waals surface area contributed by atoms with Gasteiger partial charge < -0.3 is 9.09 Å². The lowest BCUT2D eigenvalue weighted by Crippen LogP contribution is -2.13. The molecule has 0 radical (unpaired) electrons. The minimum Gasteiger partial charge on any atom is -0.359 e. The molecule has 8 heteroatoms. The van der Waals surface area contributed by atoms with Gasteiger partial charge in [0.25, 0.3) is 10.0 Å². The summed E-state index contributed by atoms with van der Waals surface area (Å²) in [6.07, 6.45) is 3.17. The molecular formula is C16H18ClN3O3S. The molecule has 0 atom stereocenters. The maximum atomic E-state index is 12.8. The number of fused-ring (bicyclic) bond motifs is 1. The third-order valence-corrected chi connectivity index (χ3v) is 5.54. The normalized spacial score (nSPS) is 12.0. The SMILES string of the molecule is CCCc1onc(NS(=O)(=O)c2cn(C)c3cc(Cl)ccc23)c1C. The van der Waals surface area contributed by atoms with Crippen molar-refractivity contribution in [3.63, 3.8) is 0 Å². The third kappa shape index (κ3) is 2.89. The Hall–Kier alpha value is -1.99. The van der Waals surface area contributed by atoms with Crippen LogP contribution in [-0.4, -0.2) is 18.1 Å². The van der Waals surface area contributed by atoms with Crippen LogP contribution in [0.4, 0.5) is 5.82 Å². The second kappa shape index (κ2) is 6.14. The van der Waals surface area contributed by atoms with Crippen molar-refractivity contribution in [2.45, 2.75) is 31.6 Å². The fraction of sp³-hybridized carbons (Fsp3) is 0.312. The van der Waals surface area contributed by atoms with E-state index in [1.807, 2.05) is 6.92 Å². The van der Waals surface area contributed by atoms with E-state index in [0.29, 0.717) is 28.2 Å². The number of rotatable bonds is 5. The van der Waals surface area contributed by atoms with Crippen LogP contribution in [0.25, 0.3) is 10.9 Å². The first-order valence-electron chi connectivity index (χ1n) is 7.56. The van der Waals surface area contributed by atoms with Gasteiger partial charge in [-0.25, -0.2) is 8.42 Å². The quantitative estimate of drug-likeness (QED) is 0.742. The Morgan fingerprint density at radius 2 is 2.12 bits per heavy atom. The highest BCUT2D eigenvalue weighted by Crippen LogP contribution is 2.29. The summed E-state index contributed by atoms with van der Waals surface area (Å²) in [7, 11) is -2.02. The predicted molar refractivity (Wildman–Crippen MR) is 94.0 cm³/mol. The van der Waals surface area contributed by atoms with Crippen LogP contribution in [0, 0.1) is 6.92 Å². The van der Waals surface area contributed by atoms with E-state index in [1.165, 1.54) is 0 Å². The van der Waals surface area contributed by atoms with Crippen LogP contribution in [0.3, 0.4) is 0 Å². The molecular weight excluding hydrogens is 350 g/mol. The molecule has 2 heterocycles. The molecule has 3 aromatic rings. The van der Waals surface area contributed by atoms with Crippen molar-refractivity contribution in [1.82, 2.24) is 9.72 Å². The molecule has 0 bridgehead atoms. The highest BCUT2D eigenvalue weighted by atomic mass is 35.5. The first kappa shape index (κ1) is 16.9. The van der Waals surface area contributed by atoms with Gasteiger partial charge >= 0.3 is 0 Å². The highest BCUT2D eigenvalue weighted by molar-refractivity contribution is 7.93. The van der Waals surface area contributed by atoms with E-state index in [0.717, 1.165) is 11.9 Å². The monoisotopic (exact) mass is 367 g/mol. The molecule has 0 saturated carbocycles. The molecule has 6 nitrogen and oxygen atoms in total. The summed E-state index contributed by atoms with van der Waals surface area (Å²) in [5.41, 5.74) is 1.45. The lowest BCUT2D eigenvalue weighted by Gasteiger charge is -2.05. The van der Waals surface area contributed by atoms with E-state index in [2.05, 4.69) is 9.88 Å². The largest absolute Gasteiger partial charge is 0.359 e. The Morgan fingerprint density at radius 1 is 1.38 bits per heavy atom. The lowest BCUT2D eigenvalue weighted by molar-refractivity contribution is 0.383. The molecule has 0 amide bonds. The Bertz CT molecular complexity index is 1010. The van der Waals surface area contributed by atoms with E-state index in [9.17, 15) is 8.42 Å². The number of hydrogen-bond acceptors (Lipinski definition) is 4. The molecule has 0 aliphatic rings. The zero-order valence-corrected chi connectivity index (χ0v) is 15.2. The van der Waals surface area contributed by atoms with Gasteiger partial charge in [-0.15, -0.1) is 0 Å². The van der Waals surface area contributed by atoms with Gasteiger partial charge in [0.1, 0.15) is 10.7 Å². The third-order valence-electron chi connectivity index (χ3n) is 3.93. The van der Waals surface area contributed by atoms with Gasteiger partial charge in [0.15, 0.2) is 5.82 Å². The van der Waals surface area contributed by atoms with Gasteiger partial charge in [0.2, 0.25) is 0 Å². The van der Waals surface area contributed by atoms with Gasteiger partial charge in [-0.3, -0.25) is 4.72 Å². The summed E-state index contributed by atoms with van der Waals surface area (Å²) < 4.78 is 35.1. The predicted octanol–water partition coefficient (Wildman–Crippen LogP) is 3.88. The van der Waals surface area contributed by atoms with E-state index >= 15 is 0 Å². The number of benzene rings is 1. The summed E-state index contributed by atoms with van der Waals surface area (Å²) >= 11 is 6.00. The number of nitrogens with zero attached hydrogens (tertiary/aromatic N) is 2. The van der Waals surface area contributed by atoms with Crippen LogP contribution >= 0.6 is 11.6 Å². The van der Waals surface area contributed by atoms with Crippen molar-refractivity contribution in [2.24, 2.45) is 7.05 Å². The molecule has 0 fully saturated rings. The summed E-state index contributed by atoms with van der Waals surface area (Å²) in [5, 5.41) is 5.01. The smallest absolute Gasteiger partial charge is 0.265 e. The zero-order valence-electron chi connectivity index (χ0n) is 13.6. The average Bonchev–Trinajstić information content (AvgIpc) is 3.03. The minimum atomic E-state index is -3.79. The van der Waals surface area contributed by atoms with Crippen molar-refractivity contribution >= 4 is 38.3 Å². The number of halogens is 1. The number of aromatic nitrogens is 2. The first-order chi connectivity index (χ1) is 11.3. The number of nitrogens with one attached hydrogen (secondary N) is 1. The fourth-order valence-corrected chi connectivity index (χ4v) is 4.12. The van der Waals surface area contributed by atoms with Gasteiger partial charge in [0.05, 0.1) is 5.52 Å². The van der Waals surface area contributed by atoms with Crippen LogP contribution in [-0.2, 0) is 23.5 Å². The molecule has 0 unspecified atom stereocenters. The van der Waals surface area contributed by atoms with E-state index in [4.69, 9.17) is 16.1 Å². The number of hydrogen-bond donors (Lipinski definition) is 1. The van der Waals surface area contributed by atoms with Gasteiger partial charge in [-0.2, -0.15) is 0 Å². The zero-order chi connectivity index (χ0) is 17.5. The van der Waals surface area contributed by atoms with Crippen molar-refractivity contribution in [3.8, 4) is 0 Å². The molecule has 2 aromatic heterocycles. The first-order valence-corrected chi connectivity index (χ1v) is 9.42. The Labute approximate surface area is 145 Å². The molecule has 1 N–H and O–H groups in total. The van der Waals surface area contributed by atoms with Gasteiger partial charge in [-0.1, -0.05) is 23.7 Å². The summed E-state index contributed by atoms with van der Waals surface area (Å²) in [4.78, 5) is 0.177. The maximum Gasteiger partial charge on any atom is 0.265 e. The molecule has 0 saturated heterocycles. The average molecular weight is 368 g/mol. The van der Waals surface area contributed by atoms with Crippen molar-refractivity contribution in [1.29, 1.82) is 0 Å². The molecule has 128 valence electrons. The molecule has 0 aliphatic heterocycles. The number of sulfonamides is 1. The molecule has 0 aliphatic carbocycles. The number of anilines is 1. The number of aryl methyl sites for hydroxylation is 2. The van der Waals surface area contributed by atoms with Crippen molar-refractivity contribution in [2.75, 3.05) is 4.72 Å². The molecule has 24 heavy (non-hydrogen) atoms. The van der Waals surface area contributed by atoms with Crippen LogP contribution in [0.5, 0.6) is 0 Å². The van der Waals surface area contributed by atoms with Crippen molar-refractivity contribution < 1.29 is 12.9 Å². The van der Waals surface area contributed by atoms with E-state index < -0.39 is 10.0 Å². The second-order valence-electron chi connectivity index (χ2n) is 5.70. The molecule has 3 rings (SSSR count). The molecule has 1 aromatic carbocycles. The summed E-state index contributed by atoms with van der Waals surface area (Å²) in [5.74, 6) is 0.921. The Morgan fingerprint density at radius 3 is 2.83 bits per heavy atom. The lowest BCUT2D eigenvalue weighted by atomic mass is 10.2. The fourth-order valence-electron chi connectivity index (χ4n) is 2.64. The molecule has 0 spiro atoms. The van der Waals surface area contributed by atoms with Gasteiger partial charge in [0, 0.05) is 35.6 Å². The van der Waals surface area contributed by atoms with E-state index in [-0.39, 0.29) is 10.7 Å².